The van der Waals surface area contributed by atoms with E-state index in [0.29, 0.717) is 11.6 Å². The Labute approximate surface area is 132 Å². The second-order valence-electron chi connectivity index (χ2n) is 4.97. The maximum Gasteiger partial charge on any atom is 0.137 e. The van der Waals surface area contributed by atoms with Gasteiger partial charge in [-0.3, -0.25) is 0 Å². The van der Waals surface area contributed by atoms with Crippen LogP contribution < -0.4 is 5.32 Å². The highest BCUT2D eigenvalue weighted by molar-refractivity contribution is 7.11. The van der Waals surface area contributed by atoms with E-state index in [0.717, 1.165) is 22.8 Å². The van der Waals surface area contributed by atoms with Crippen LogP contribution in [-0.4, -0.2) is 14.4 Å². The highest BCUT2D eigenvalue weighted by Crippen LogP contribution is 2.20. The number of fused-ring (bicyclic) bond motifs is 1. The Kier molecular flexibility index (Phi) is 4.24. The lowest BCUT2D eigenvalue weighted by Crippen LogP contribution is -2.18. The Bertz CT molecular complexity index is 749. The molecule has 0 bridgehead atoms. The Balaban J connectivity index is 1.68. The third-order valence-corrected chi connectivity index (χ3v) is 4.89. The summed E-state index contributed by atoms with van der Waals surface area (Å²) in [5.41, 5.74) is 1.91. The lowest BCUT2D eigenvalue weighted by atomic mass is 10.3. The number of halogens is 1. The van der Waals surface area contributed by atoms with Crippen molar-refractivity contribution in [1.29, 1.82) is 0 Å². The van der Waals surface area contributed by atoms with E-state index in [1.54, 1.807) is 11.3 Å². The van der Waals surface area contributed by atoms with Crippen LogP contribution in [0, 0.1) is 0 Å². The third kappa shape index (κ3) is 3.26. The fourth-order valence-corrected chi connectivity index (χ4v) is 3.19. The van der Waals surface area contributed by atoms with Gasteiger partial charge in [0.05, 0.1) is 16.8 Å². The number of hydrogen-bond acceptors (Lipinski definition) is 4. The summed E-state index contributed by atoms with van der Waals surface area (Å²) in [5, 5.41) is 5.30. The van der Waals surface area contributed by atoms with Gasteiger partial charge >= 0.3 is 0 Å². The van der Waals surface area contributed by atoms with Gasteiger partial charge in [0.25, 0.3) is 0 Å². The molecule has 3 heterocycles. The molecule has 1 N–H and O–H groups in total. The second-order valence-corrected chi connectivity index (χ2v) is 6.55. The number of aromatic nitrogens is 3. The van der Waals surface area contributed by atoms with Crippen LogP contribution >= 0.6 is 22.9 Å². The molecule has 21 heavy (non-hydrogen) atoms. The fourth-order valence-electron chi connectivity index (χ4n) is 2.13. The van der Waals surface area contributed by atoms with Gasteiger partial charge in [0.15, 0.2) is 0 Å². The van der Waals surface area contributed by atoms with Crippen molar-refractivity contribution in [2.45, 2.75) is 32.9 Å². The van der Waals surface area contributed by atoms with Crippen molar-refractivity contribution in [3.63, 3.8) is 0 Å². The molecule has 0 aliphatic heterocycles. The predicted octanol–water partition coefficient (Wildman–Crippen LogP) is 3.86. The number of nitrogens with zero attached hydrogens (tertiary/aromatic N) is 3. The lowest BCUT2D eigenvalue weighted by Gasteiger charge is -2.09. The van der Waals surface area contributed by atoms with E-state index >= 15 is 0 Å². The van der Waals surface area contributed by atoms with Gasteiger partial charge in [-0.25, -0.2) is 9.97 Å². The van der Waals surface area contributed by atoms with Crippen LogP contribution in [0.2, 0.25) is 5.02 Å². The molecule has 0 amide bonds. The van der Waals surface area contributed by atoms with E-state index in [1.807, 2.05) is 35.1 Å². The summed E-state index contributed by atoms with van der Waals surface area (Å²) in [4.78, 5) is 10.4. The molecule has 110 valence electrons. The van der Waals surface area contributed by atoms with Gasteiger partial charge in [0.2, 0.25) is 0 Å². The van der Waals surface area contributed by atoms with Crippen molar-refractivity contribution in [3.8, 4) is 0 Å². The number of rotatable bonds is 5. The van der Waals surface area contributed by atoms with E-state index < -0.39 is 0 Å². The minimum absolute atomic E-state index is 0.226. The first-order valence-corrected chi connectivity index (χ1v) is 8.16. The van der Waals surface area contributed by atoms with Crippen LogP contribution in [0.4, 0.5) is 0 Å². The fraction of sp³-hybridized carbons (Fsp3) is 0.333. The van der Waals surface area contributed by atoms with Gasteiger partial charge in [-0.05, 0) is 25.5 Å². The van der Waals surface area contributed by atoms with E-state index in [2.05, 4.69) is 29.1 Å². The van der Waals surface area contributed by atoms with Gasteiger partial charge in [0, 0.05) is 30.0 Å². The molecule has 0 aliphatic rings. The first-order chi connectivity index (χ1) is 10.2. The monoisotopic (exact) mass is 320 g/mol. The van der Waals surface area contributed by atoms with Crippen LogP contribution in [-0.2, 0) is 13.0 Å². The Morgan fingerprint density at radius 3 is 3.00 bits per heavy atom. The summed E-state index contributed by atoms with van der Waals surface area (Å²) in [6.45, 7) is 4.99. The van der Waals surface area contributed by atoms with Gasteiger partial charge in [-0.2, -0.15) is 0 Å². The quantitative estimate of drug-likeness (QED) is 0.776. The second kappa shape index (κ2) is 6.13. The maximum absolute atomic E-state index is 5.98. The molecular weight excluding hydrogens is 304 g/mol. The minimum atomic E-state index is 0.226. The van der Waals surface area contributed by atoms with E-state index in [1.165, 1.54) is 4.88 Å². The first-order valence-electron chi connectivity index (χ1n) is 6.97. The number of aryl methyl sites for hydroxylation is 1. The molecule has 0 radical (unpaired) electrons. The number of pyridine rings is 1. The number of hydrogen-bond donors (Lipinski definition) is 1. The van der Waals surface area contributed by atoms with Crippen LogP contribution in [0.25, 0.3) is 5.65 Å². The summed E-state index contributed by atoms with van der Waals surface area (Å²) < 4.78 is 1.95. The Morgan fingerprint density at radius 2 is 2.24 bits per heavy atom. The highest BCUT2D eigenvalue weighted by atomic mass is 35.5. The standard InChI is InChI=1S/C15H17ClN4S/c1-3-13-7-18-15(21-13)10(2)17-6-12-9-20-8-11(16)4-5-14(20)19-12/h4-5,7-10,17H,3,6H2,1-2H3. The molecule has 3 aromatic rings. The molecule has 3 rings (SSSR count). The first kappa shape index (κ1) is 14.5. The number of nitrogens with one attached hydrogen (secondary N) is 1. The average Bonchev–Trinajstić information content (AvgIpc) is 3.10. The molecule has 0 fully saturated rings. The largest absolute Gasteiger partial charge is 0.305 e. The normalized spacial score (nSPS) is 12.9. The molecule has 1 unspecified atom stereocenters. The topological polar surface area (TPSA) is 42.2 Å². The van der Waals surface area contributed by atoms with Crippen molar-refractivity contribution in [2.24, 2.45) is 0 Å². The summed E-state index contributed by atoms with van der Waals surface area (Å²) in [6.07, 6.45) is 6.87. The van der Waals surface area contributed by atoms with Crippen molar-refractivity contribution >= 4 is 28.6 Å². The summed E-state index contributed by atoms with van der Waals surface area (Å²) >= 11 is 7.75. The summed E-state index contributed by atoms with van der Waals surface area (Å²) in [6, 6.07) is 4.00. The lowest BCUT2D eigenvalue weighted by molar-refractivity contribution is 0.566. The molecule has 1 atom stereocenters. The number of imidazole rings is 1. The predicted molar refractivity (Wildman–Crippen MR) is 86.9 cm³/mol. The third-order valence-electron chi connectivity index (χ3n) is 3.34. The van der Waals surface area contributed by atoms with Crippen molar-refractivity contribution in [1.82, 2.24) is 19.7 Å². The van der Waals surface area contributed by atoms with Crippen LogP contribution in [0.1, 0.15) is 35.5 Å². The molecule has 0 spiro atoms. The van der Waals surface area contributed by atoms with Crippen molar-refractivity contribution < 1.29 is 0 Å². The average molecular weight is 321 g/mol. The zero-order valence-corrected chi connectivity index (χ0v) is 13.6. The molecular formula is C15H17ClN4S. The van der Waals surface area contributed by atoms with E-state index in [-0.39, 0.29) is 6.04 Å². The van der Waals surface area contributed by atoms with Crippen molar-refractivity contribution in [3.05, 3.63) is 51.3 Å². The van der Waals surface area contributed by atoms with E-state index in [4.69, 9.17) is 11.6 Å². The van der Waals surface area contributed by atoms with Crippen LogP contribution in [0.5, 0.6) is 0 Å². The van der Waals surface area contributed by atoms with Gasteiger partial charge in [0.1, 0.15) is 10.7 Å². The minimum Gasteiger partial charge on any atom is -0.305 e. The zero-order chi connectivity index (χ0) is 14.8. The molecule has 0 aromatic carbocycles. The van der Waals surface area contributed by atoms with Crippen molar-refractivity contribution in [2.75, 3.05) is 0 Å². The molecule has 4 nitrogen and oxygen atoms in total. The molecule has 0 aliphatic carbocycles. The molecule has 3 aromatic heterocycles. The van der Waals surface area contributed by atoms with E-state index in [9.17, 15) is 0 Å². The zero-order valence-electron chi connectivity index (χ0n) is 12.0. The Hall–Kier alpha value is -1.43. The highest BCUT2D eigenvalue weighted by Gasteiger charge is 2.10. The Morgan fingerprint density at radius 1 is 1.38 bits per heavy atom. The van der Waals surface area contributed by atoms with Crippen LogP contribution in [0.15, 0.2) is 30.7 Å². The van der Waals surface area contributed by atoms with Gasteiger partial charge < -0.3 is 9.72 Å². The summed E-state index contributed by atoms with van der Waals surface area (Å²) in [5.74, 6) is 0. The summed E-state index contributed by atoms with van der Waals surface area (Å²) in [7, 11) is 0. The van der Waals surface area contributed by atoms with Crippen LogP contribution in [0.3, 0.4) is 0 Å². The SMILES string of the molecule is CCc1cnc(C(C)NCc2cn3cc(Cl)ccc3n2)s1. The number of thiazole rings is 1. The maximum atomic E-state index is 5.98. The molecule has 0 saturated heterocycles. The van der Waals surface area contributed by atoms with Gasteiger partial charge in [-0.15, -0.1) is 11.3 Å². The molecule has 0 saturated carbocycles. The van der Waals surface area contributed by atoms with Gasteiger partial charge in [-0.1, -0.05) is 18.5 Å². The molecule has 6 heteroatoms. The smallest absolute Gasteiger partial charge is 0.137 e.